The van der Waals surface area contributed by atoms with Crippen molar-refractivity contribution >= 4 is 23.5 Å². The minimum Gasteiger partial charge on any atom is -0.366 e. The lowest BCUT2D eigenvalue weighted by atomic mass is 10.2. The number of aromatic nitrogens is 1. The fourth-order valence-corrected chi connectivity index (χ4v) is 2.61. The second-order valence-corrected chi connectivity index (χ2v) is 4.60. The number of rotatable bonds is 4. The van der Waals surface area contributed by atoms with Gasteiger partial charge in [-0.05, 0) is 6.07 Å². The zero-order chi connectivity index (χ0) is 12.3. The molecule has 1 aliphatic heterocycles. The highest BCUT2D eigenvalue weighted by molar-refractivity contribution is 7.99. The number of hydrogen-bond acceptors (Lipinski definition) is 5. The van der Waals surface area contributed by atoms with E-state index < -0.39 is 5.91 Å². The second kappa shape index (κ2) is 5.20. The van der Waals surface area contributed by atoms with E-state index in [1.54, 1.807) is 17.8 Å². The summed E-state index contributed by atoms with van der Waals surface area (Å²) in [6, 6.07) is 1.79. The third kappa shape index (κ3) is 2.59. The highest BCUT2D eigenvalue weighted by Crippen LogP contribution is 2.36. The Balaban J connectivity index is 2.16. The number of carbonyl (C=O) groups excluding carboxylic acids is 1. The van der Waals surface area contributed by atoms with Crippen molar-refractivity contribution in [2.75, 3.05) is 23.9 Å². The van der Waals surface area contributed by atoms with Crippen LogP contribution in [0.3, 0.4) is 0 Å². The zero-order valence-electron chi connectivity index (χ0n) is 9.30. The summed E-state index contributed by atoms with van der Waals surface area (Å²) in [5, 5.41) is 0. The first-order valence-corrected chi connectivity index (χ1v) is 6.23. The Hall–Kier alpha value is -1.53. The van der Waals surface area contributed by atoms with Gasteiger partial charge < -0.3 is 16.4 Å². The molecule has 5 nitrogen and oxygen atoms in total. The largest absolute Gasteiger partial charge is 0.366 e. The number of thioether (sulfide) groups is 1. The van der Waals surface area contributed by atoms with Crippen molar-refractivity contribution in [2.45, 2.75) is 4.90 Å². The summed E-state index contributed by atoms with van der Waals surface area (Å²) in [6.07, 6.45) is 5.45. The van der Waals surface area contributed by atoms with Crippen LogP contribution in [0.5, 0.6) is 0 Å². The first-order chi connectivity index (χ1) is 8.22. The fourth-order valence-electron chi connectivity index (χ4n) is 1.56. The Morgan fingerprint density at radius 1 is 1.59 bits per heavy atom. The molecule has 0 fully saturated rings. The molecule has 0 atom stereocenters. The number of fused-ring (bicyclic) bond motifs is 1. The van der Waals surface area contributed by atoms with Gasteiger partial charge in [0.15, 0.2) is 0 Å². The summed E-state index contributed by atoms with van der Waals surface area (Å²) in [4.78, 5) is 18.4. The van der Waals surface area contributed by atoms with E-state index in [0.29, 0.717) is 12.1 Å². The summed E-state index contributed by atoms with van der Waals surface area (Å²) in [6.45, 7) is 1.32. The number of amides is 1. The van der Waals surface area contributed by atoms with E-state index in [1.165, 1.54) is 6.20 Å². The summed E-state index contributed by atoms with van der Waals surface area (Å²) in [5.74, 6) is 1.29. The second-order valence-electron chi connectivity index (χ2n) is 3.61. The maximum atomic E-state index is 11.0. The number of carbonyl (C=O) groups is 1. The third-order valence-corrected chi connectivity index (χ3v) is 3.47. The van der Waals surface area contributed by atoms with E-state index in [1.807, 2.05) is 12.2 Å². The van der Waals surface area contributed by atoms with Crippen molar-refractivity contribution in [3.05, 3.63) is 30.0 Å². The third-order valence-electron chi connectivity index (χ3n) is 2.42. The number of nitrogens with zero attached hydrogens (tertiary/aromatic N) is 2. The standard InChI is InChI=1S/C11H14N4OS/c12-3-1-2-4-15-7-17-9-5-8(10(13)16)6-14-11(9)15/h1-2,5-6H,3-4,7,12H2,(H2,13,16)/b2-1+. The highest BCUT2D eigenvalue weighted by Gasteiger charge is 2.21. The van der Waals surface area contributed by atoms with Gasteiger partial charge in [-0.2, -0.15) is 0 Å². The maximum absolute atomic E-state index is 11.0. The van der Waals surface area contributed by atoms with Crippen LogP contribution in [-0.2, 0) is 0 Å². The Morgan fingerprint density at radius 2 is 2.41 bits per heavy atom. The summed E-state index contributed by atoms with van der Waals surface area (Å²) >= 11 is 1.66. The molecule has 2 rings (SSSR count). The molecule has 6 heteroatoms. The fraction of sp³-hybridized carbons (Fsp3) is 0.273. The van der Waals surface area contributed by atoms with Gasteiger partial charge in [-0.25, -0.2) is 4.98 Å². The smallest absolute Gasteiger partial charge is 0.250 e. The molecule has 0 aliphatic carbocycles. The zero-order valence-corrected chi connectivity index (χ0v) is 10.1. The van der Waals surface area contributed by atoms with Crippen LogP contribution < -0.4 is 16.4 Å². The van der Waals surface area contributed by atoms with E-state index >= 15 is 0 Å². The Bertz CT molecular complexity index is 461. The molecule has 1 aliphatic rings. The molecule has 0 unspecified atom stereocenters. The number of primary amides is 1. The number of pyridine rings is 1. The average Bonchev–Trinajstić information content (AvgIpc) is 2.72. The average molecular weight is 250 g/mol. The summed E-state index contributed by atoms with van der Waals surface area (Å²) in [5.41, 5.74) is 11.1. The molecule has 0 saturated carbocycles. The van der Waals surface area contributed by atoms with Gasteiger partial charge in [-0.15, -0.1) is 11.8 Å². The molecule has 0 bridgehead atoms. The number of nitrogens with two attached hydrogens (primary N) is 2. The van der Waals surface area contributed by atoms with Gasteiger partial charge >= 0.3 is 0 Å². The summed E-state index contributed by atoms with van der Waals surface area (Å²) in [7, 11) is 0. The van der Waals surface area contributed by atoms with Crippen molar-refractivity contribution in [1.29, 1.82) is 0 Å². The van der Waals surface area contributed by atoms with E-state index in [2.05, 4.69) is 9.88 Å². The SMILES string of the molecule is NC/C=C/CN1CSc2cc(C(N)=O)cnc21. The monoisotopic (exact) mass is 250 g/mol. The Labute approximate surface area is 104 Å². The molecular formula is C11H14N4OS. The van der Waals surface area contributed by atoms with Gasteiger partial charge in [0.2, 0.25) is 5.91 Å². The van der Waals surface area contributed by atoms with Gasteiger partial charge in [0.1, 0.15) is 5.82 Å². The minimum atomic E-state index is -0.442. The van der Waals surface area contributed by atoms with Crippen LogP contribution >= 0.6 is 11.8 Å². The highest BCUT2D eigenvalue weighted by atomic mass is 32.2. The van der Waals surface area contributed by atoms with Crippen molar-refractivity contribution in [1.82, 2.24) is 4.98 Å². The maximum Gasteiger partial charge on any atom is 0.250 e. The number of anilines is 1. The Morgan fingerprint density at radius 3 is 3.12 bits per heavy atom. The molecule has 2 heterocycles. The van der Waals surface area contributed by atoms with Crippen molar-refractivity contribution in [2.24, 2.45) is 11.5 Å². The first-order valence-electron chi connectivity index (χ1n) is 5.25. The summed E-state index contributed by atoms with van der Waals surface area (Å²) < 4.78 is 0. The van der Waals surface area contributed by atoms with Crippen LogP contribution in [0.4, 0.5) is 5.82 Å². The predicted octanol–water partition coefficient (Wildman–Crippen LogP) is 0.565. The Kier molecular flexibility index (Phi) is 3.65. The van der Waals surface area contributed by atoms with Gasteiger partial charge in [0, 0.05) is 19.3 Å². The van der Waals surface area contributed by atoms with Crippen LogP contribution in [0.1, 0.15) is 10.4 Å². The molecular weight excluding hydrogens is 236 g/mol. The molecule has 4 N–H and O–H groups in total. The van der Waals surface area contributed by atoms with E-state index in [0.717, 1.165) is 23.1 Å². The van der Waals surface area contributed by atoms with E-state index in [4.69, 9.17) is 11.5 Å². The van der Waals surface area contributed by atoms with Crippen LogP contribution in [-0.4, -0.2) is 29.9 Å². The lowest BCUT2D eigenvalue weighted by Crippen LogP contribution is -2.20. The molecule has 1 aromatic heterocycles. The van der Waals surface area contributed by atoms with Crippen molar-refractivity contribution in [3.8, 4) is 0 Å². The van der Waals surface area contributed by atoms with Gasteiger partial charge in [0.25, 0.3) is 0 Å². The molecule has 0 saturated heterocycles. The lowest BCUT2D eigenvalue weighted by molar-refractivity contribution is 0.1000. The lowest BCUT2D eigenvalue weighted by Gasteiger charge is -2.14. The molecule has 90 valence electrons. The quantitative estimate of drug-likeness (QED) is 0.763. The molecule has 0 radical (unpaired) electrons. The van der Waals surface area contributed by atoms with Crippen LogP contribution in [0.2, 0.25) is 0 Å². The molecule has 17 heavy (non-hydrogen) atoms. The number of hydrogen-bond donors (Lipinski definition) is 2. The van der Waals surface area contributed by atoms with Crippen LogP contribution in [0.15, 0.2) is 29.3 Å². The van der Waals surface area contributed by atoms with E-state index in [-0.39, 0.29) is 0 Å². The van der Waals surface area contributed by atoms with Crippen LogP contribution in [0.25, 0.3) is 0 Å². The van der Waals surface area contributed by atoms with Crippen molar-refractivity contribution < 1.29 is 4.79 Å². The van der Waals surface area contributed by atoms with Crippen LogP contribution in [0, 0.1) is 0 Å². The van der Waals surface area contributed by atoms with Crippen molar-refractivity contribution in [3.63, 3.8) is 0 Å². The molecule has 1 aromatic rings. The van der Waals surface area contributed by atoms with Gasteiger partial charge in [-0.1, -0.05) is 12.2 Å². The van der Waals surface area contributed by atoms with E-state index in [9.17, 15) is 4.79 Å². The minimum absolute atomic E-state index is 0.442. The van der Waals surface area contributed by atoms with Gasteiger partial charge in [-0.3, -0.25) is 4.79 Å². The normalized spacial score (nSPS) is 14.3. The first kappa shape index (κ1) is 11.9. The van der Waals surface area contributed by atoms with Gasteiger partial charge in [0.05, 0.1) is 16.3 Å². The predicted molar refractivity (Wildman–Crippen MR) is 69.0 cm³/mol. The molecule has 1 amide bonds. The molecule has 0 spiro atoms. The molecule has 0 aromatic carbocycles. The topological polar surface area (TPSA) is 85.2 Å².